The number of benzene rings is 1. The molecule has 0 aromatic heterocycles. The first-order chi connectivity index (χ1) is 11.1. The van der Waals surface area contributed by atoms with Gasteiger partial charge in [0.2, 0.25) is 6.41 Å². The first-order valence-corrected chi connectivity index (χ1v) is 9.02. The van der Waals surface area contributed by atoms with Gasteiger partial charge in [0, 0.05) is 13.1 Å². The molecule has 0 radical (unpaired) electrons. The van der Waals surface area contributed by atoms with E-state index in [9.17, 15) is 4.79 Å². The molecule has 2 unspecified atom stereocenters. The third-order valence-corrected chi connectivity index (χ3v) is 3.85. The first kappa shape index (κ1) is 21.6. The zero-order valence-corrected chi connectivity index (χ0v) is 15.5. The van der Waals surface area contributed by atoms with Crippen molar-refractivity contribution >= 4 is 6.41 Å². The predicted molar refractivity (Wildman–Crippen MR) is 100.0 cm³/mol. The standard InChI is InChI=1S/C9H12N2O.C8H16.C3H8/c10-5-8-1-3-9(4-2-8)6-11-7-12;1-7-4-3-5-8(2)6-7;1-3-2/h1-4,7H,5-6,10H2,(H,11,12);7-8H,3-6H2,1-2H3;3H2,1-2H3. The molecule has 0 bridgehead atoms. The molecule has 1 fully saturated rings. The Balaban J connectivity index is 0.000000379. The fourth-order valence-electron chi connectivity index (χ4n) is 2.69. The molecule has 3 nitrogen and oxygen atoms in total. The molecule has 1 amide bonds. The Morgan fingerprint density at radius 2 is 1.57 bits per heavy atom. The maximum atomic E-state index is 9.97. The molecule has 0 spiro atoms. The van der Waals surface area contributed by atoms with Crippen LogP contribution in [0.3, 0.4) is 0 Å². The van der Waals surface area contributed by atoms with Gasteiger partial charge in [-0.15, -0.1) is 0 Å². The number of amides is 1. The van der Waals surface area contributed by atoms with Crippen LogP contribution in [-0.4, -0.2) is 6.41 Å². The second-order valence-electron chi connectivity index (χ2n) is 6.60. The minimum atomic E-state index is 0.557. The Morgan fingerprint density at radius 1 is 1.09 bits per heavy atom. The number of carbonyl (C=O) groups excluding carboxylic acids is 1. The summed E-state index contributed by atoms with van der Waals surface area (Å²) in [7, 11) is 0. The minimum absolute atomic E-state index is 0.557. The van der Waals surface area contributed by atoms with Crippen molar-refractivity contribution in [2.75, 3.05) is 0 Å². The van der Waals surface area contributed by atoms with Gasteiger partial charge in [-0.2, -0.15) is 0 Å². The molecule has 1 saturated carbocycles. The van der Waals surface area contributed by atoms with Crippen LogP contribution in [0.5, 0.6) is 0 Å². The normalized spacial score (nSPS) is 19.5. The lowest BCUT2D eigenvalue weighted by molar-refractivity contribution is -0.109. The summed E-state index contributed by atoms with van der Waals surface area (Å²) < 4.78 is 0. The summed E-state index contributed by atoms with van der Waals surface area (Å²) in [5.41, 5.74) is 7.61. The van der Waals surface area contributed by atoms with Crippen LogP contribution in [0.15, 0.2) is 24.3 Å². The summed E-state index contributed by atoms with van der Waals surface area (Å²) in [6, 6.07) is 7.83. The van der Waals surface area contributed by atoms with Gasteiger partial charge in [0.1, 0.15) is 0 Å². The predicted octanol–water partition coefficient (Wildman–Crippen LogP) is 4.64. The summed E-state index contributed by atoms with van der Waals surface area (Å²) in [5.74, 6) is 2.03. The number of rotatable bonds is 4. The molecule has 2 atom stereocenters. The highest BCUT2D eigenvalue weighted by atomic mass is 16.1. The SMILES string of the molecule is CC1CCCC(C)C1.CCC.NCc1ccc(CNC=O)cc1. The summed E-state index contributed by atoms with van der Waals surface area (Å²) in [6.07, 6.45) is 7.84. The largest absolute Gasteiger partial charge is 0.355 e. The lowest BCUT2D eigenvalue weighted by Crippen LogP contribution is -2.09. The molecular weight excluding hydrogens is 284 g/mol. The van der Waals surface area contributed by atoms with E-state index >= 15 is 0 Å². The van der Waals surface area contributed by atoms with Gasteiger partial charge in [-0.25, -0.2) is 0 Å². The summed E-state index contributed by atoms with van der Waals surface area (Å²) in [6.45, 7) is 10.1. The van der Waals surface area contributed by atoms with Crippen LogP contribution < -0.4 is 11.1 Å². The van der Waals surface area contributed by atoms with Crippen LogP contribution in [0.2, 0.25) is 0 Å². The van der Waals surface area contributed by atoms with Crippen molar-refractivity contribution in [1.29, 1.82) is 0 Å². The first-order valence-electron chi connectivity index (χ1n) is 9.02. The van der Waals surface area contributed by atoms with Crippen LogP contribution in [0.1, 0.15) is 70.9 Å². The summed E-state index contributed by atoms with van der Waals surface area (Å²) in [4.78, 5) is 9.97. The van der Waals surface area contributed by atoms with Crippen LogP contribution in [-0.2, 0) is 17.9 Å². The monoisotopic (exact) mass is 320 g/mol. The van der Waals surface area contributed by atoms with E-state index in [-0.39, 0.29) is 0 Å². The average Bonchev–Trinajstić information content (AvgIpc) is 2.54. The van der Waals surface area contributed by atoms with E-state index in [2.05, 4.69) is 33.0 Å². The van der Waals surface area contributed by atoms with E-state index in [1.54, 1.807) is 0 Å². The molecule has 3 heteroatoms. The fraction of sp³-hybridized carbons (Fsp3) is 0.650. The summed E-state index contributed by atoms with van der Waals surface area (Å²) >= 11 is 0. The number of nitrogens with one attached hydrogen (secondary N) is 1. The third-order valence-electron chi connectivity index (χ3n) is 3.85. The van der Waals surface area contributed by atoms with E-state index in [0.717, 1.165) is 23.0 Å². The molecule has 1 aromatic carbocycles. The molecule has 0 heterocycles. The van der Waals surface area contributed by atoms with Gasteiger partial charge in [0.05, 0.1) is 0 Å². The Labute approximate surface area is 143 Å². The van der Waals surface area contributed by atoms with Crippen LogP contribution in [0, 0.1) is 11.8 Å². The van der Waals surface area contributed by atoms with Gasteiger partial charge in [-0.3, -0.25) is 4.79 Å². The second-order valence-corrected chi connectivity index (χ2v) is 6.60. The van der Waals surface area contributed by atoms with Crippen molar-refractivity contribution in [2.24, 2.45) is 17.6 Å². The van der Waals surface area contributed by atoms with E-state index in [4.69, 9.17) is 5.73 Å². The maximum absolute atomic E-state index is 9.97. The van der Waals surface area contributed by atoms with Crippen molar-refractivity contribution < 1.29 is 4.79 Å². The van der Waals surface area contributed by atoms with Crippen LogP contribution in [0.25, 0.3) is 0 Å². The highest BCUT2D eigenvalue weighted by Crippen LogP contribution is 2.27. The van der Waals surface area contributed by atoms with Gasteiger partial charge in [-0.05, 0) is 29.4 Å². The zero-order valence-electron chi connectivity index (χ0n) is 15.5. The molecule has 2 rings (SSSR count). The van der Waals surface area contributed by atoms with Gasteiger partial charge < -0.3 is 11.1 Å². The number of nitrogens with two attached hydrogens (primary N) is 1. The van der Waals surface area contributed by atoms with Crippen LogP contribution in [0.4, 0.5) is 0 Å². The molecule has 1 aliphatic rings. The fourth-order valence-corrected chi connectivity index (χ4v) is 2.69. The van der Waals surface area contributed by atoms with Crippen molar-refractivity contribution in [3.63, 3.8) is 0 Å². The lowest BCUT2D eigenvalue weighted by atomic mass is 9.84. The Bertz CT molecular complexity index is 381. The molecular formula is C20H36N2O. The molecule has 132 valence electrons. The number of hydrogen-bond acceptors (Lipinski definition) is 2. The smallest absolute Gasteiger partial charge is 0.207 e. The number of carbonyl (C=O) groups is 1. The van der Waals surface area contributed by atoms with Crippen LogP contribution >= 0.6 is 0 Å². The third kappa shape index (κ3) is 11.8. The van der Waals surface area contributed by atoms with E-state index < -0.39 is 0 Å². The maximum Gasteiger partial charge on any atom is 0.207 e. The lowest BCUT2D eigenvalue weighted by Gasteiger charge is -2.22. The zero-order chi connectivity index (χ0) is 17.5. The summed E-state index contributed by atoms with van der Waals surface area (Å²) in [5, 5.41) is 2.59. The molecule has 1 aliphatic carbocycles. The molecule has 0 saturated heterocycles. The van der Waals surface area contributed by atoms with Gasteiger partial charge in [-0.1, -0.05) is 77.6 Å². The number of hydrogen-bond donors (Lipinski definition) is 2. The molecule has 23 heavy (non-hydrogen) atoms. The highest BCUT2D eigenvalue weighted by Gasteiger charge is 2.13. The van der Waals surface area contributed by atoms with E-state index in [1.165, 1.54) is 32.1 Å². The molecule has 3 N–H and O–H groups in total. The Morgan fingerprint density at radius 3 is 1.91 bits per heavy atom. The van der Waals surface area contributed by atoms with Gasteiger partial charge in [0.25, 0.3) is 0 Å². The van der Waals surface area contributed by atoms with Crippen molar-refractivity contribution in [3.05, 3.63) is 35.4 Å². The van der Waals surface area contributed by atoms with Gasteiger partial charge in [0.15, 0.2) is 0 Å². The highest BCUT2D eigenvalue weighted by molar-refractivity contribution is 5.46. The molecule has 0 aliphatic heterocycles. The van der Waals surface area contributed by atoms with Crippen molar-refractivity contribution in [1.82, 2.24) is 5.32 Å². The average molecular weight is 321 g/mol. The molecule has 1 aromatic rings. The second kappa shape index (κ2) is 14.3. The Kier molecular flexibility index (Phi) is 13.4. The van der Waals surface area contributed by atoms with E-state index in [1.807, 2.05) is 24.3 Å². The van der Waals surface area contributed by atoms with E-state index in [0.29, 0.717) is 19.5 Å². The quantitative estimate of drug-likeness (QED) is 0.794. The van der Waals surface area contributed by atoms with Crippen molar-refractivity contribution in [2.45, 2.75) is 72.9 Å². The topological polar surface area (TPSA) is 55.1 Å². The van der Waals surface area contributed by atoms with Crippen molar-refractivity contribution in [3.8, 4) is 0 Å². The Hall–Kier alpha value is -1.35. The minimum Gasteiger partial charge on any atom is -0.355 e. The van der Waals surface area contributed by atoms with Gasteiger partial charge >= 0.3 is 0 Å².